The van der Waals surface area contributed by atoms with Crippen molar-refractivity contribution >= 4 is 0 Å². The second-order valence-electron chi connectivity index (χ2n) is 2.33. The van der Waals surface area contributed by atoms with Gasteiger partial charge in [0.2, 0.25) is 0 Å². The fourth-order valence-corrected chi connectivity index (χ4v) is 0.519. The van der Waals surface area contributed by atoms with Gasteiger partial charge in [0.25, 0.3) is 0 Å². The maximum absolute atomic E-state index is 4.89. The summed E-state index contributed by atoms with van der Waals surface area (Å²) >= 11 is 0. The molecule has 0 fully saturated rings. The third-order valence-electron chi connectivity index (χ3n) is 1.10. The maximum atomic E-state index is 4.89. The van der Waals surface area contributed by atoms with Crippen LogP contribution < -0.4 is 0 Å². The fraction of sp³-hybridized carbons (Fsp3) is 0.0526. The number of terminal acetylenes is 1. The summed E-state index contributed by atoms with van der Waals surface area (Å²) in [6, 6.07) is 0. The van der Waals surface area contributed by atoms with Crippen molar-refractivity contribution in [2.24, 2.45) is 0 Å². The van der Waals surface area contributed by atoms with E-state index in [-0.39, 0.29) is 0 Å². The maximum Gasteiger partial charge on any atom is 0.124 e. The number of methoxy groups -OCH3 is 1. The van der Waals surface area contributed by atoms with Crippen molar-refractivity contribution in [2.45, 2.75) is 0 Å². The lowest BCUT2D eigenvalue weighted by atomic mass is 10.5. The van der Waals surface area contributed by atoms with Gasteiger partial charge < -0.3 is 4.74 Å². The van der Waals surface area contributed by atoms with Crippen molar-refractivity contribution in [1.82, 2.24) is 0 Å². The zero-order valence-electron chi connectivity index (χ0n) is 10.5. The molecule has 86 valence electrons. The lowest BCUT2D eigenvalue weighted by Crippen LogP contribution is -1.62. The molecule has 0 aromatic rings. The van der Waals surface area contributed by atoms with Crippen LogP contribution in [0.5, 0.6) is 0 Å². The second-order valence-corrected chi connectivity index (χ2v) is 2.33. The van der Waals surface area contributed by atoms with Crippen LogP contribution >= 0.6 is 0 Å². The highest BCUT2D eigenvalue weighted by Crippen LogP contribution is 1.58. The lowest BCUT2D eigenvalue weighted by molar-refractivity contribution is 0.372. The average molecular weight is 248 g/mol. The summed E-state index contributed by atoms with van der Waals surface area (Å²) in [5, 5.41) is 0. The molecular formula is C19H4O. The SMILES string of the molecule is C#CC#CC#CC#CC#CC#CC#CC#CC#COC. The molecule has 0 rings (SSSR count). The molecular weight excluding hydrogens is 244 g/mol. The molecule has 0 heterocycles. The van der Waals surface area contributed by atoms with E-state index in [0.717, 1.165) is 0 Å². The molecule has 0 saturated carbocycles. The highest BCUT2D eigenvalue weighted by atomic mass is 16.5. The molecule has 0 spiro atoms. The van der Waals surface area contributed by atoms with E-state index < -0.39 is 0 Å². The second kappa shape index (κ2) is 14.8. The van der Waals surface area contributed by atoms with Crippen molar-refractivity contribution < 1.29 is 4.74 Å². The van der Waals surface area contributed by atoms with E-state index in [1.807, 2.05) is 0 Å². The molecule has 0 aromatic heterocycles. The summed E-state index contributed by atoms with van der Waals surface area (Å²) in [5.41, 5.74) is 0. The van der Waals surface area contributed by atoms with Crippen molar-refractivity contribution in [1.29, 1.82) is 0 Å². The topological polar surface area (TPSA) is 9.23 Å². The Morgan fingerprint density at radius 1 is 0.500 bits per heavy atom. The van der Waals surface area contributed by atoms with E-state index in [0.29, 0.717) is 0 Å². The minimum absolute atomic E-state index is 1.45. The molecule has 0 aliphatic carbocycles. The molecule has 0 unspecified atom stereocenters. The van der Waals surface area contributed by atoms with Crippen LogP contribution in [0.2, 0.25) is 0 Å². The summed E-state index contributed by atoms with van der Waals surface area (Å²) in [6.07, 6.45) is 7.19. The smallest absolute Gasteiger partial charge is 0.124 e. The molecule has 0 aromatic carbocycles. The third kappa shape index (κ3) is 13.8. The van der Waals surface area contributed by atoms with E-state index >= 15 is 0 Å². The Morgan fingerprint density at radius 3 is 1.10 bits per heavy atom. The third-order valence-corrected chi connectivity index (χ3v) is 1.10. The van der Waals surface area contributed by atoms with E-state index in [2.05, 4.69) is 106 Å². The van der Waals surface area contributed by atoms with Gasteiger partial charge in [-0.25, -0.2) is 0 Å². The first-order chi connectivity index (χ1) is 9.91. The van der Waals surface area contributed by atoms with Crippen LogP contribution in [-0.4, -0.2) is 7.11 Å². The van der Waals surface area contributed by atoms with Crippen molar-refractivity contribution in [3.63, 3.8) is 0 Å². The predicted octanol–water partition coefficient (Wildman–Crippen LogP) is 0.251. The van der Waals surface area contributed by atoms with Crippen LogP contribution in [0.15, 0.2) is 0 Å². The van der Waals surface area contributed by atoms with Crippen LogP contribution in [0.25, 0.3) is 0 Å². The van der Waals surface area contributed by atoms with Gasteiger partial charge in [-0.3, -0.25) is 0 Å². The number of rotatable bonds is 0. The molecule has 1 nitrogen and oxygen atoms in total. The van der Waals surface area contributed by atoms with Crippen LogP contribution in [0.3, 0.4) is 0 Å². The Labute approximate surface area is 119 Å². The van der Waals surface area contributed by atoms with Gasteiger partial charge in [-0.05, 0) is 47.4 Å². The standard InChI is InChI=1S/C19H4O/c1-3-4-5-6-7-8-9-10-11-12-13-14-15-16-17-18-19-20-2/h1H,2H3. The van der Waals surface area contributed by atoms with E-state index in [1.165, 1.54) is 7.11 Å². The van der Waals surface area contributed by atoms with Crippen LogP contribution in [0.1, 0.15) is 0 Å². The normalized spacial score (nSPS) is 4.00. The van der Waals surface area contributed by atoms with Gasteiger partial charge in [0.15, 0.2) is 0 Å². The summed E-state index contributed by atoms with van der Waals surface area (Å²) in [6.45, 7) is 0. The Morgan fingerprint density at radius 2 is 0.800 bits per heavy atom. The van der Waals surface area contributed by atoms with Crippen molar-refractivity contribution in [3.05, 3.63) is 0 Å². The first-order valence-corrected chi connectivity index (χ1v) is 4.90. The van der Waals surface area contributed by atoms with Gasteiger partial charge >= 0.3 is 0 Å². The molecule has 20 heavy (non-hydrogen) atoms. The molecule has 0 radical (unpaired) electrons. The molecule has 0 aliphatic rings. The Kier molecular flexibility index (Phi) is 11.8. The number of hydrogen-bond donors (Lipinski definition) is 0. The monoisotopic (exact) mass is 248 g/mol. The van der Waals surface area contributed by atoms with E-state index in [1.54, 1.807) is 0 Å². The van der Waals surface area contributed by atoms with Gasteiger partial charge in [-0.1, -0.05) is 0 Å². The molecule has 0 atom stereocenters. The fourth-order valence-electron chi connectivity index (χ4n) is 0.519. The Balaban J connectivity index is 4.30. The summed E-state index contributed by atoms with van der Waals surface area (Å²) < 4.78 is 4.46. The summed E-state index contributed by atoms with van der Waals surface area (Å²) in [7, 11) is 1.45. The van der Waals surface area contributed by atoms with E-state index in [9.17, 15) is 0 Å². The Hall–Kier alpha value is -4.16. The minimum atomic E-state index is 1.45. The molecule has 0 aliphatic heterocycles. The van der Waals surface area contributed by atoms with Crippen LogP contribution in [0.4, 0.5) is 0 Å². The first kappa shape index (κ1) is 15.8. The van der Waals surface area contributed by atoms with Gasteiger partial charge in [0.1, 0.15) is 6.11 Å². The molecule has 0 bridgehead atoms. The average Bonchev–Trinajstić information content (AvgIpc) is 2.47. The van der Waals surface area contributed by atoms with Gasteiger partial charge in [0, 0.05) is 47.4 Å². The van der Waals surface area contributed by atoms with Crippen molar-refractivity contribution in [2.75, 3.05) is 7.11 Å². The predicted molar refractivity (Wildman–Crippen MR) is 78.0 cm³/mol. The van der Waals surface area contributed by atoms with Gasteiger partial charge in [-0.15, -0.1) is 6.42 Å². The number of ether oxygens (including phenoxy) is 1. The Bertz CT molecular complexity index is 878. The highest BCUT2D eigenvalue weighted by Gasteiger charge is 1.58. The van der Waals surface area contributed by atoms with Crippen molar-refractivity contribution in [3.8, 4) is 107 Å². The largest absolute Gasteiger partial charge is 0.449 e. The minimum Gasteiger partial charge on any atom is -0.449 e. The zero-order valence-corrected chi connectivity index (χ0v) is 10.5. The van der Waals surface area contributed by atoms with Crippen LogP contribution in [0, 0.1) is 107 Å². The molecule has 0 saturated heterocycles. The van der Waals surface area contributed by atoms with Gasteiger partial charge in [0.05, 0.1) is 7.11 Å². The lowest BCUT2D eigenvalue weighted by Gasteiger charge is -1.69. The first-order valence-electron chi connectivity index (χ1n) is 4.90. The van der Waals surface area contributed by atoms with Crippen LogP contribution in [-0.2, 0) is 4.74 Å². The highest BCUT2D eigenvalue weighted by molar-refractivity contribution is 5.46. The molecule has 0 N–H and O–H groups in total. The zero-order chi connectivity index (χ0) is 14.7. The molecule has 0 amide bonds. The number of hydrogen-bond acceptors (Lipinski definition) is 1. The quantitative estimate of drug-likeness (QED) is 0.558. The molecule has 1 heteroatoms. The van der Waals surface area contributed by atoms with Gasteiger partial charge in [-0.2, -0.15) is 0 Å². The van der Waals surface area contributed by atoms with E-state index in [4.69, 9.17) is 6.42 Å². The summed E-state index contributed by atoms with van der Waals surface area (Å²) in [5.74, 6) is 38.9. The summed E-state index contributed by atoms with van der Waals surface area (Å²) in [4.78, 5) is 0.